The molecule has 2 aromatic rings. The SMILES string of the molecule is CCCNCc1sc(N(C)Cc2cccnc2)nc1CC. The predicted octanol–water partition coefficient (Wildman–Crippen LogP) is 3.24. The zero-order chi connectivity index (χ0) is 15.1. The molecule has 114 valence electrons. The van der Waals surface area contributed by atoms with E-state index < -0.39 is 0 Å². The highest BCUT2D eigenvalue weighted by Gasteiger charge is 2.13. The van der Waals surface area contributed by atoms with Crippen molar-refractivity contribution in [3.8, 4) is 0 Å². The van der Waals surface area contributed by atoms with Crippen molar-refractivity contribution in [1.29, 1.82) is 0 Å². The van der Waals surface area contributed by atoms with Crippen molar-refractivity contribution in [1.82, 2.24) is 15.3 Å². The fraction of sp³-hybridized carbons (Fsp3) is 0.500. The normalized spacial score (nSPS) is 10.8. The third kappa shape index (κ3) is 4.51. The smallest absolute Gasteiger partial charge is 0.185 e. The van der Waals surface area contributed by atoms with Crippen LogP contribution in [0.4, 0.5) is 5.13 Å². The van der Waals surface area contributed by atoms with E-state index in [1.165, 1.54) is 16.1 Å². The minimum atomic E-state index is 0.840. The zero-order valence-corrected chi connectivity index (χ0v) is 13.9. The van der Waals surface area contributed by atoms with Gasteiger partial charge in [0.2, 0.25) is 0 Å². The molecule has 0 fully saturated rings. The quantitative estimate of drug-likeness (QED) is 0.760. The first-order valence-corrected chi connectivity index (χ1v) is 8.35. The molecule has 2 heterocycles. The Morgan fingerprint density at radius 1 is 1.33 bits per heavy atom. The molecular weight excluding hydrogens is 280 g/mol. The van der Waals surface area contributed by atoms with E-state index in [-0.39, 0.29) is 0 Å². The molecule has 0 aliphatic rings. The number of aromatic nitrogens is 2. The second-order valence-corrected chi connectivity index (χ2v) is 6.18. The molecule has 0 aliphatic heterocycles. The summed E-state index contributed by atoms with van der Waals surface area (Å²) in [4.78, 5) is 12.5. The minimum Gasteiger partial charge on any atom is -0.347 e. The first-order valence-electron chi connectivity index (χ1n) is 7.53. The summed E-state index contributed by atoms with van der Waals surface area (Å²) in [6, 6.07) is 4.07. The maximum absolute atomic E-state index is 4.79. The van der Waals surface area contributed by atoms with Crippen LogP contribution in [0, 0.1) is 0 Å². The van der Waals surface area contributed by atoms with Crippen molar-refractivity contribution in [2.75, 3.05) is 18.5 Å². The molecule has 2 aromatic heterocycles. The molecule has 0 amide bonds. The van der Waals surface area contributed by atoms with Crippen LogP contribution < -0.4 is 10.2 Å². The molecule has 0 unspecified atom stereocenters. The van der Waals surface area contributed by atoms with Crippen LogP contribution in [0.1, 0.15) is 36.4 Å². The van der Waals surface area contributed by atoms with Gasteiger partial charge >= 0.3 is 0 Å². The molecule has 0 spiro atoms. The van der Waals surface area contributed by atoms with Crippen molar-refractivity contribution in [3.05, 3.63) is 40.7 Å². The zero-order valence-electron chi connectivity index (χ0n) is 13.1. The fourth-order valence-electron chi connectivity index (χ4n) is 2.16. The lowest BCUT2D eigenvalue weighted by Gasteiger charge is -2.15. The Hall–Kier alpha value is -1.46. The fourth-order valence-corrected chi connectivity index (χ4v) is 3.24. The Morgan fingerprint density at radius 3 is 2.86 bits per heavy atom. The van der Waals surface area contributed by atoms with Crippen LogP contribution in [0.15, 0.2) is 24.5 Å². The summed E-state index contributed by atoms with van der Waals surface area (Å²) in [7, 11) is 2.09. The monoisotopic (exact) mass is 304 g/mol. The average molecular weight is 304 g/mol. The number of aryl methyl sites for hydroxylation is 1. The van der Waals surface area contributed by atoms with Crippen LogP contribution in [0.25, 0.3) is 0 Å². The summed E-state index contributed by atoms with van der Waals surface area (Å²) in [5.41, 5.74) is 2.43. The van der Waals surface area contributed by atoms with Gasteiger partial charge in [-0.2, -0.15) is 0 Å². The van der Waals surface area contributed by atoms with Crippen molar-refractivity contribution in [2.24, 2.45) is 0 Å². The second kappa shape index (κ2) is 8.10. The van der Waals surface area contributed by atoms with Crippen LogP contribution in [0.3, 0.4) is 0 Å². The number of thiazole rings is 1. The number of pyridine rings is 1. The lowest BCUT2D eigenvalue weighted by molar-refractivity contribution is 0.676. The molecule has 0 aliphatic carbocycles. The Labute approximate surface area is 131 Å². The molecule has 0 atom stereocenters. The number of anilines is 1. The van der Waals surface area contributed by atoms with Gasteiger partial charge in [-0.3, -0.25) is 4.98 Å². The number of hydrogen-bond donors (Lipinski definition) is 1. The second-order valence-electron chi connectivity index (χ2n) is 5.11. The molecular formula is C16H24N4S. The summed E-state index contributed by atoms with van der Waals surface area (Å²) in [5, 5.41) is 4.56. The standard InChI is InChI=1S/C16H24N4S/c1-4-8-17-11-15-14(5-2)19-16(21-15)20(3)12-13-7-6-9-18-10-13/h6-7,9-10,17H,4-5,8,11-12H2,1-3H3. The molecule has 0 saturated heterocycles. The number of nitrogens with one attached hydrogen (secondary N) is 1. The Bertz CT molecular complexity index is 538. The summed E-state index contributed by atoms with van der Waals surface area (Å²) in [6.45, 7) is 7.18. The minimum absolute atomic E-state index is 0.840. The molecule has 5 heteroatoms. The van der Waals surface area contributed by atoms with Crippen LogP contribution in [0.5, 0.6) is 0 Å². The van der Waals surface area contributed by atoms with Gasteiger partial charge in [0.25, 0.3) is 0 Å². The van der Waals surface area contributed by atoms with Gasteiger partial charge in [-0.05, 0) is 31.0 Å². The van der Waals surface area contributed by atoms with E-state index in [0.717, 1.165) is 37.6 Å². The summed E-state index contributed by atoms with van der Waals surface area (Å²) >= 11 is 1.79. The number of nitrogens with zero attached hydrogens (tertiary/aromatic N) is 3. The molecule has 0 saturated carbocycles. The first kappa shape index (κ1) is 15.9. The molecule has 1 N–H and O–H groups in total. The first-order chi connectivity index (χ1) is 10.2. The van der Waals surface area contributed by atoms with E-state index in [1.54, 1.807) is 17.5 Å². The van der Waals surface area contributed by atoms with E-state index in [0.29, 0.717) is 0 Å². The average Bonchev–Trinajstić information content (AvgIpc) is 2.92. The molecule has 21 heavy (non-hydrogen) atoms. The summed E-state index contributed by atoms with van der Waals surface area (Å²) in [5.74, 6) is 0. The van der Waals surface area contributed by atoms with Gasteiger partial charge in [0.05, 0.1) is 5.69 Å². The summed E-state index contributed by atoms with van der Waals surface area (Å²) < 4.78 is 0. The Kier molecular flexibility index (Phi) is 6.14. The van der Waals surface area contributed by atoms with E-state index >= 15 is 0 Å². The molecule has 0 radical (unpaired) electrons. The lowest BCUT2D eigenvalue weighted by atomic mass is 10.3. The molecule has 4 nitrogen and oxygen atoms in total. The van der Waals surface area contributed by atoms with Gasteiger partial charge in [-0.15, -0.1) is 11.3 Å². The molecule has 0 bridgehead atoms. The van der Waals surface area contributed by atoms with E-state index in [9.17, 15) is 0 Å². The number of rotatable bonds is 8. The van der Waals surface area contributed by atoms with Gasteiger partial charge in [-0.1, -0.05) is 19.9 Å². The number of hydrogen-bond acceptors (Lipinski definition) is 5. The highest BCUT2D eigenvalue weighted by Crippen LogP contribution is 2.27. The molecule has 0 aromatic carbocycles. The Morgan fingerprint density at radius 2 is 2.19 bits per heavy atom. The van der Waals surface area contributed by atoms with Crippen molar-refractivity contribution in [2.45, 2.75) is 39.8 Å². The maximum Gasteiger partial charge on any atom is 0.185 e. The third-order valence-corrected chi connectivity index (χ3v) is 4.50. The predicted molar refractivity (Wildman–Crippen MR) is 89.8 cm³/mol. The highest BCUT2D eigenvalue weighted by molar-refractivity contribution is 7.15. The summed E-state index contributed by atoms with van der Waals surface area (Å²) in [6.07, 6.45) is 5.86. The largest absolute Gasteiger partial charge is 0.347 e. The van der Waals surface area contributed by atoms with Crippen molar-refractivity contribution < 1.29 is 0 Å². The van der Waals surface area contributed by atoms with E-state index in [4.69, 9.17) is 4.98 Å². The van der Waals surface area contributed by atoms with Crippen LogP contribution in [0.2, 0.25) is 0 Å². The molecule has 2 rings (SSSR count). The topological polar surface area (TPSA) is 41.0 Å². The van der Waals surface area contributed by atoms with Gasteiger partial charge in [0, 0.05) is 37.4 Å². The van der Waals surface area contributed by atoms with Gasteiger partial charge in [-0.25, -0.2) is 4.98 Å². The highest BCUT2D eigenvalue weighted by atomic mass is 32.1. The van der Waals surface area contributed by atoms with E-state index in [1.807, 2.05) is 12.3 Å². The van der Waals surface area contributed by atoms with Crippen LogP contribution in [-0.2, 0) is 19.5 Å². The van der Waals surface area contributed by atoms with Gasteiger partial charge < -0.3 is 10.2 Å². The Balaban J connectivity index is 2.05. The van der Waals surface area contributed by atoms with Crippen LogP contribution >= 0.6 is 11.3 Å². The van der Waals surface area contributed by atoms with Gasteiger partial charge in [0.15, 0.2) is 5.13 Å². The van der Waals surface area contributed by atoms with E-state index in [2.05, 4.69) is 42.2 Å². The maximum atomic E-state index is 4.79. The van der Waals surface area contributed by atoms with Crippen LogP contribution in [-0.4, -0.2) is 23.6 Å². The van der Waals surface area contributed by atoms with Crippen molar-refractivity contribution in [3.63, 3.8) is 0 Å². The third-order valence-electron chi connectivity index (χ3n) is 3.28. The van der Waals surface area contributed by atoms with Crippen molar-refractivity contribution >= 4 is 16.5 Å². The lowest BCUT2D eigenvalue weighted by Crippen LogP contribution is -2.16. The van der Waals surface area contributed by atoms with Gasteiger partial charge in [0.1, 0.15) is 0 Å².